The fourth-order valence-electron chi connectivity index (χ4n) is 3.76. The number of ether oxygens (including phenoxy) is 1. The van der Waals surface area contributed by atoms with Crippen molar-refractivity contribution in [2.24, 2.45) is 13.0 Å². The first-order valence-corrected chi connectivity index (χ1v) is 9.33. The van der Waals surface area contributed by atoms with Gasteiger partial charge in [-0.15, -0.1) is 0 Å². The number of aromatic nitrogens is 2. The Balaban J connectivity index is 1.34. The fourth-order valence-corrected chi connectivity index (χ4v) is 3.76. The number of amides is 1. The summed E-state index contributed by atoms with van der Waals surface area (Å²) >= 11 is 0. The zero-order valence-electron chi connectivity index (χ0n) is 15.4. The summed E-state index contributed by atoms with van der Waals surface area (Å²) in [7, 11) is 1.86. The van der Waals surface area contributed by atoms with E-state index in [0.29, 0.717) is 18.6 Å². The van der Waals surface area contributed by atoms with Crippen molar-refractivity contribution < 1.29 is 9.53 Å². The van der Waals surface area contributed by atoms with E-state index in [-0.39, 0.29) is 11.9 Å². The Labute approximate surface area is 159 Å². The van der Waals surface area contributed by atoms with Crippen LogP contribution in [0.15, 0.2) is 48.8 Å². The molecule has 2 aliphatic heterocycles. The van der Waals surface area contributed by atoms with Crippen molar-refractivity contribution in [1.29, 1.82) is 0 Å². The molecule has 2 fully saturated rings. The first kappa shape index (κ1) is 17.8. The molecule has 3 heterocycles. The fraction of sp³-hybridized carbons (Fsp3) is 0.400. The standard InChI is InChI=1S/C20H25N5O2/c1-24-12-15(11-21-24)7-8-20(26)25-10-9-18-17(13-25)19(23-22-18)14-27-16-5-3-2-4-6-16/h2-8,11-12,17-19,22-23H,9-10,13-14H2,1H3/b8-7+. The van der Waals surface area contributed by atoms with E-state index in [0.717, 1.165) is 30.8 Å². The van der Waals surface area contributed by atoms with Crippen LogP contribution in [0.2, 0.25) is 0 Å². The Morgan fingerprint density at radius 3 is 2.96 bits per heavy atom. The molecule has 7 nitrogen and oxygen atoms in total. The number of para-hydroxylation sites is 1. The van der Waals surface area contributed by atoms with Gasteiger partial charge in [-0.3, -0.25) is 20.3 Å². The average Bonchev–Trinajstić information content (AvgIpc) is 3.30. The third-order valence-corrected chi connectivity index (χ3v) is 5.26. The minimum Gasteiger partial charge on any atom is -0.492 e. The molecule has 0 aliphatic carbocycles. The molecule has 0 bridgehead atoms. The number of nitrogens with one attached hydrogen (secondary N) is 2. The van der Waals surface area contributed by atoms with Crippen LogP contribution in [0.4, 0.5) is 0 Å². The highest BCUT2D eigenvalue weighted by molar-refractivity contribution is 5.91. The van der Waals surface area contributed by atoms with Gasteiger partial charge in [-0.25, -0.2) is 0 Å². The molecule has 2 aromatic rings. The predicted octanol–water partition coefficient (Wildman–Crippen LogP) is 1.21. The van der Waals surface area contributed by atoms with Crippen LogP contribution in [-0.2, 0) is 11.8 Å². The smallest absolute Gasteiger partial charge is 0.246 e. The number of hydrazine groups is 1. The highest BCUT2D eigenvalue weighted by Gasteiger charge is 2.40. The molecule has 1 amide bonds. The normalized spacial score (nSPS) is 24.9. The van der Waals surface area contributed by atoms with E-state index in [9.17, 15) is 4.79 Å². The van der Waals surface area contributed by atoms with Crippen molar-refractivity contribution >= 4 is 12.0 Å². The van der Waals surface area contributed by atoms with Crippen molar-refractivity contribution in [3.63, 3.8) is 0 Å². The lowest BCUT2D eigenvalue weighted by Gasteiger charge is -2.35. The summed E-state index contributed by atoms with van der Waals surface area (Å²) in [6.45, 7) is 2.06. The van der Waals surface area contributed by atoms with Gasteiger partial charge >= 0.3 is 0 Å². The first-order chi connectivity index (χ1) is 13.2. The summed E-state index contributed by atoms with van der Waals surface area (Å²) in [6.07, 6.45) is 8.03. The molecular formula is C20H25N5O2. The van der Waals surface area contributed by atoms with Gasteiger partial charge < -0.3 is 9.64 Å². The summed E-state index contributed by atoms with van der Waals surface area (Å²) in [5.74, 6) is 1.25. The Morgan fingerprint density at radius 1 is 1.33 bits per heavy atom. The minimum atomic E-state index is 0.0481. The molecule has 0 spiro atoms. The number of carbonyl (C=O) groups is 1. The number of hydrogen-bond donors (Lipinski definition) is 2. The van der Waals surface area contributed by atoms with Gasteiger partial charge in [0, 0.05) is 49.9 Å². The van der Waals surface area contributed by atoms with E-state index in [1.54, 1.807) is 17.0 Å². The van der Waals surface area contributed by atoms with Gasteiger partial charge in [0.05, 0.1) is 12.2 Å². The molecule has 0 radical (unpaired) electrons. The van der Waals surface area contributed by atoms with Crippen molar-refractivity contribution in [1.82, 2.24) is 25.5 Å². The number of nitrogens with zero attached hydrogens (tertiary/aromatic N) is 3. The third kappa shape index (κ3) is 4.20. The SMILES string of the molecule is Cn1cc(/C=C/C(=O)N2CCC3NNC(COc4ccccc4)C3C2)cn1. The van der Waals surface area contributed by atoms with Crippen molar-refractivity contribution in [2.45, 2.75) is 18.5 Å². The zero-order chi connectivity index (χ0) is 18.6. The van der Waals surface area contributed by atoms with E-state index in [4.69, 9.17) is 4.74 Å². The molecule has 7 heteroatoms. The highest BCUT2D eigenvalue weighted by atomic mass is 16.5. The van der Waals surface area contributed by atoms with Crippen LogP contribution in [0.3, 0.4) is 0 Å². The molecule has 3 unspecified atom stereocenters. The lowest BCUT2D eigenvalue weighted by Crippen LogP contribution is -2.49. The maximum Gasteiger partial charge on any atom is 0.246 e. The van der Waals surface area contributed by atoms with Gasteiger partial charge in [-0.1, -0.05) is 18.2 Å². The third-order valence-electron chi connectivity index (χ3n) is 5.26. The monoisotopic (exact) mass is 367 g/mol. The molecule has 2 aliphatic rings. The Morgan fingerprint density at radius 2 is 2.19 bits per heavy atom. The summed E-state index contributed by atoms with van der Waals surface area (Å²) in [4.78, 5) is 14.5. The van der Waals surface area contributed by atoms with E-state index < -0.39 is 0 Å². The molecule has 4 rings (SSSR count). The number of rotatable bonds is 5. The van der Waals surface area contributed by atoms with Gasteiger partial charge in [-0.2, -0.15) is 5.10 Å². The minimum absolute atomic E-state index is 0.0481. The number of benzene rings is 1. The number of hydrogen-bond acceptors (Lipinski definition) is 5. The molecule has 1 aromatic carbocycles. The second-order valence-corrected chi connectivity index (χ2v) is 7.14. The van der Waals surface area contributed by atoms with Crippen LogP contribution in [0.5, 0.6) is 5.75 Å². The van der Waals surface area contributed by atoms with Crippen LogP contribution in [0, 0.1) is 5.92 Å². The topological polar surface area (TPSA) is 71.4 Å². The van der Waals surface area contributed by atoms with Crippen LogP contribution < -0.4 is 15.6 Å². The molecule has 27 heavy (non-hydrogen) atoms. The maximum atomic E-state index is 12.6. The summed E-state index contributed by atoms with van der Waals surface area (Å²) < 4.78 is 7.64. The van der Waals surface area contributed by atoms with E-state index in [2.05, 4.69) is 16.0 Å². The highest BCUT2D eigenvalue weighted by Crippen LogP contribution is 2.25. The molecule has 3 atom stereocenters. The zero-order valence-corrected chi connectivity index (χ0v) is 15.4. The molecule has 1 aromatic heterocycles. The number of piperidine rings is 1. The number of likely N-dealkylation sites (tertiary alicyclic amines) is 1. The van der Waals surface area contributed by atoms with Crippen molar-refractivity contribution in [2.75, 3.05) is 19.7 Å². The summed E-state index contributed by atoms with van der Waals surface area (Å²) in [6, 6.07) is 10.4. The first-order valence-electron chi connectivity index (χ1n) is 9.33. The van der Waals surface area contributed by atoms with Crippen LogP contribution in [0.25, 0.3) is 6.08 Å². The van der Waals surface area contributed by atoms with Gasteiger partial charge in [0.2, 0.25) is 5.91 Å². The number of aryl methyl sites for hydroxylation is 1. The quantitative estimate of drug-likeness (QED) is 0.778. The number of carbonyl (C=O) groups excluding carboxylic acids is 1. The van der Waals surface area contributed by atoms with Gasteiger partial charge in [0.25, 0.3) is 0 Å². The van der Waals surface area contributed by atoms with Gasteiger partial charge in [0.1, 0.15) is 12.4 Å². The number of fused-ring (bicyclic) bond motifs is 1. The van der Waals surface area contributed by atoms with E-state index in [1.165, 1.54) is 0 Å². The van der Waals surface area contributed by atoms with E-state index >= 15 is 0 Å². The van der Waals surface area contributed by atoms with Crippen LogP contribution in [0.1, 0.15) is 12.0 Å². The maximum absolute atomic E-state index is 12.6. The average molecular weight is 367 g/mol. The molecule has 2 N–H and O–H groups in total. The predicted molar refractivity (Wildman–Crippen MR) is 103 cm³/mol. The Bertz CT molecular complexity index is 804. The summed E-state index contributed by atoms with van der Waals surface area (Å²) in [5.41, 5.74) is 7.64. The second kappa shape index (κ2) is 7.94. The second-order valence-electron chi connectivity index (χ2n) is 7.14. The van der Waals surface area contributed by atoms with E-state index in [1.807, 2.05) is 54.6 Å². The van der Waals surface area contributed by atoms with Crippen LogP contribution in [-0.4, -0.2) is 52.4 Å². The largest absolute Gasteiger partial charge is 0.492 e. The van der Waals surface area contributed by atoms with Crippen molar-refractivity contribution in [3.05, 3.63) is 54.4 Å². The lowest BCUT2D eigenvalue weighted by molar-refractivity contribution is -0.127. The Kier molecular flexibility index (Phi) is 5.22. The van der Waals surface area contributed by atoms with Gasteiger partial charge in [-0.05, 0) is 24.6 Å². The van der Waals surface area contributed by atoms with Crippen molar-refractivity contribution in [3.8, 4) is 5.75 Å². The summed E-state index contributed by atoms with van der Waals surface area (Å²) in [5, 5.41) is 4.12. The van der Waals surface area contributed by atoms with Crippen LogP contribution >= 0.6 is 0 Å². The Hall–Kier alpha value is -2.64. The van der Waals surface area contributed by atoms with Gasteiger partial charge in [0.15, 0.2) is 0 Å². The molecular weight excluding hydrogens is 342 g/mol. The molecule has 0 saturated carbocycles. The lowest BCUT2D eigenvalue weighted by atomic mass is 9.88. The molecule has 2 saturated heterocycles. The molecule has 142 valence electrons.